The van der Waals surface area contributed by atoms with Crippen LogP contribution in [-0.2, 0) is 6.18 Å². The molecule has 2 amide bonds. The van der Waals surface area contributed by atoms with Crippen molar-refractivity contribution in [2.45, 2.75) is 13.1 Å². The molecular formula is C20H19F4N7O. The molecule has 0 aliphatic carbocycles. The molecule has 12 heteroatoms. The van der Waals surface area contributed by atoms with Crippen molar-refractivity contribution >= 4 is 17.7 Å². The molecule has 1 N–H and O–H groups in total. The van der Waals surface area contributed by atoms with E-state index in [2.05, 4.69) is 20.8 Å². The molecule has 1 aliphatic rings. The van der Waals surface area contributed by atoms with E-state index >= 15 is 0 Å². The zero-order chi connectivity index (χ0) is 22.9. The fourth-order valence-corrected chi connectivity index (χ4v) is 3.34. The maximum Gasteiger partial charge on any atom is 0.416 e. The number of hydrogen-bond donors (Lipinski definition) is 1. The van der Waals surface area contributed by atoms with Crippen molar-refractivity contribution in [3.05, 3.63) is 59.4 Å². The Bertz CT molecular complexity index is 1120. The second-order valence-corrected chi connectivity index (χ2v) is 7.31. The summed E-state index contributed by atoms with van der Waals surface area (Å²) in [5, 5.41) is 14.0. The van der Waals surface area contributed by atoms with E-state index in [4.69, 9.17) is 0 Å². The third kappa shape index (κ3) is 4.48. The fraction of sp³-hybridized carbons (Fsp3) is 0.300. The van der Waals surface area contributed by atoms with Crippen LogP contribution >= 0.6 is 0 Å². The van der Waals surface area contributed by atoms with Gasteiger partial charge in [-0.05, 0) is 53.2 Å². The summed E-state index contributed by atoms with van der Waals surface area (Å²) in [6.45, 7) is 3.03. The molecule has 3 aromatic rings. The molecule has 2 heterocycles. The number of aryl methyl sites for hydroxylation is 1. The van der Waals surface area contributed by atoms with E-state index in [1.54, 1.807) is 28.9 Å². The number of piperazine rings is 1. The van der Waals surface area contributed by atoms with E-state index in [1.165, 1.54) is 22.9 Å². The number of rotatable bonds is 3. The van der Waals surface area contributed by atoms with E-state index in [9.17, 15) is 22.4 Å². The number of benzene rings is 2. The Morgan fingerprint density at radius 3 is 2.50 bits per heavy atom. The van der Waals surface area contributed by atoms with Gasteiger partial charge in [0, 0.05) is 31.9 Å². The van der Waals surface area contributed by atoms with Crippen LogP contribution in [0.5, 0.6) is 0 Å². The average Bonchev–Trinajstić information content (AvgIpc) is 3.26. The molecule has 0 bridgehead atoms. The fourth-order valence-electron chi connectivity index (χ4n) is 3.34. The average molecular weight is 449 g/mol. The first kappa shape index (κ1) is 21.5. The topological polar surface area (TPSA) is 79.2 Å². The lowest BCUT2D eigenvalue weighted by Crippen LogP contribution is -2.50. The molecule has 0 radical (unpaired) electrons. The van der Waals surface area contributed by atoms with Gasteiger partial charge in [0.1, 0.15) is 5.82 Å². The molecule has 4 rings (SSSR count). The van der Waals surface area contributed by atoms with Crippen LogP contribution in [0.1, 0.15) is 11.1 Å². The van der Waals surface area contributed by atoms with Crippen LogP contribution in [0.4, 0.5) is 34.0 Å². The molecule has 1 aromatic heterocycles. The summed E-state index contributed by atoms with van der Waals surface area (Å²) in [6.07, 6.45) is -4.48. The Morgan fingerprint density at radius 2 is 1.81 bits per heavy atom. The predicted molar refractivity (Wildman–Crippen MR) is 108 cm³/mol. The third-order valence-corrected chi connectivity index (χ3v) is 5.14. The van der Waals surface area contributed by atoms with Gasteiger partial charge >= 0.3 is 12.2 Å². The minimum atomic E-state index is -4.48. The van der Waals surface area contributed by atoms with E-state index in [0.717, 1.165) is 12.1 Å². The molecule has 32 heavy (non-hydrogen) atoms. The molecule has 1 aliphatic heterocycles. The Hall–Kier alpha value is -3.70. The van der Waals surface area contributed by atoms with Crippen LogP contribution in [0, 0.1) is 12.7 Å². The minimum Gasteiger partial charge on any atom is -0.336 e. The number of halogens is 4. The van der Waals surface area contributed by atoms with Crippen LogP contribution in [0.3, 0.4) is 0 Å². The lowest BCUT2D eigenvalue weighted by Gasteiger charge is -2.34. The van der Waals surface area contributed by atoms with Crippen molar-refractivity contribution in [1.29, 1.82) is 0 Å². The number of urea groups is 1. The van der Waals surface area contributed by atoms with Gasteiger partial charge in [0.15, 0.2) is 0 Å². The minimum absolute atomic E-state index is 0.182. The zero-order valence-corrected chi connectivity index (χ0v) is 17.0. The molecule has 8 nitrogen and oxygen atoms in total. The number of anilines is 2. The van der Waals surface area contributed by atoms with Crippen LogP contribution in [-0.4, -0.2) is 57.3 Å². The van der Waals surface area contributed by atoms with Gasteiger partial charge in [0.2, 0.25) is 5.95 Å². The zero-order valence-electron chi connectivity index (χ0n) is 17.0. The van der Waals surface area contributed by atoms with Gasteiger partial charge in [-0.2, -0.15) is 17.9 Å². The molecule has 0 unspecified atom stereocenters. The highest BCUT2D eigenvalue weighted by Crippen LogP contribution is 2.30. The van der Waals surface area contributed by atoms with E-state index in [0.29, 0.717) is 37.4 Å². The summed E-state index contributed by atoms with van der Waals surface area (Å²) < 4.78 is 54.1. The Balaban J connectivity index is 1.43. The quantitative estimate of drug-likeness (QED) is 0.620. The SMILES string of the molecule is Cc1ccc(NC(=O)N2CCN(c3nnnn3-c3cccc(C(F)(F)F)c3)CC2)cc1F. The van der Waals surface area contributed by atoms with Gasteiger partial charge < -0.3 is 15.1 Å². The van der Waals surface area contributed by atoms with Crippen LogP contribution in [0.2, 0.25) is 0 Å². The molecule has 0 atom stereocenters. The molecular weight excluding hydrogens is 430 g/mol. The second-order valence-electron chi connectivity index (χ2n) is 7.31. The first-order valence-corrected chi connectivity index (χ1v) is 9.75. The molecule has 2 aromatic carbocycles. The monoisotopic (exact) mass is 449 g/mol. The van der Waals surface area contributed by atoms with E-state index < -0.39 is 17.6 Å². The van der Waals surface area contributed by atoms with Gasteiger partial charge in [-0.3, -0.25) is 0 Å². The molecule has 0 spiro atoms. The largest absolute Gasteiger partial charge is 0.416 e. The van der Waals surface area contributed by atoms with Crippen molar-refractivity contribution < 1.29 is 22.4 Å². The number of carbonyl (C=O) groups is 1. The van der Waals surface area contributed by atoms with Gasteiger partial charge in [0.25, 0.3) is 0 Å². The summed E-state index contributed by atoms with van der Waals surface area (Å²) in [4.78, 5) is 15.8. The lowest BCUT2D eigenvalue weighted by molar-refractivity contribution is -0.137. The van der Waals surface area contributed by atoms with Crippen LogP contribution < -0.4 is 10.2 Å². The van der Waals surface area contributed by atoms with Crippen molar-refractivity contribution in [2.24, 2.45) is 0 Å². The summed E-state index contributed by atoms with van der Waals surface area (Å²) in [5.41, 5.74) is 0.219. The number of hydrogen-bond acceptors (Lipinski definition) is 5. The highest BCUT2D eigenvalue weighted by molar-refractivity contribution is 5.89. The molecule has 0 saturated carbocycles. The van der Waals surface area contributed by atoms with Crippen LogP contribution in [0.15, 0.2) is 42.5 Å². The number of tetrazole rings is 1. The second kappa shape index (κ2) is 8.44. The highest BCUT2D eigenvalue weighted by atomic mass is 19.4. The van der Waals surface area contributed by atoms with Gasteiger partial charge in [-0.25, -0.2) is 9.18 Å². The van der Waals surface area contributed by atoms with E-state index in [-0.39, 0.29) is 17.7 Å². The van der Waals surface area contributed by atoms with Crippen molar-refractivity contribution in [3.63, 3.8) is 0 Å². The number of alkyl halides is 3. The Labute approximate surface area is 180 Å². The van der Waals surface area contributed by atoms with Crippen molar-refractivity contribution in [3.8, 4) is 5.69 Å². The summed E-state index contributed by atoms with van der Waals surface area (Å²) in [6, 6.07) is 8.82. The molecule has 1 saturated heterocycles. The maximum absolute atomic E-state index is 13.7. The number of nitrogens with zero attached hydrogens (tertiary/aromatic N) is 6. The molecule has 168 valence electrons. The van der Waals surface area contributed by atoms with E-state index in [1.807, 2.05) is 0 Å². The summed E-state index contributed by atoms with van der Waals surface area (Å²) in [7, 11) is 0. The van der Waals surface area contributed by atoms with Crippen LogP contribution in [0.25, 0.3) is 5.69 Å². The maximum atomic E-state index is 13.7. The number of nitrogens with one attached hydrogen (secondary N) is 1. The predicted octanol–water partition coefficient (Wildman–Crippen LogP) is 3.48. The van der Waals surface area contributed by atoms with Gasteiger partial charge in [-0.1, -0.05) is 17.2 Å². The number of amides is 2. The summed E-state index contributed by atoms with van der Waals surface area (Å²) >= 11 is 0. The van der Waals surface area contributed by atoms with Gasteiger partial charge in [0.05, 0.1) is 11.3 Å². The standard InChI is InChI=1S/C20H19F4N7O/c1-13-5-6-15(12-17(13)21)25-19(32)30-9-7-29(8-10-30)18-26-27-28-31(18)16-4-2-3-14(11-16)20(22,23)24/h2-6,11-12H,7-10H2,1H3,(H,25,32). The highest BCUT2D eigenvalue weighted by Gasteiger charge is 2.31. The Kier molecular flexibility index (Phi) is 5.68. The lowest BCUT2D eigenvalue weighted by atomic mass is 10.2. The normalized spacial score (nSPS) is 14.5. The van der Waals surface area contributed by atoms with Crippen molar-refractivity contribution in [1.82, 2.24) is 25.1 Å². The summed E-state index contributed by atoms with van der Waals surface area (Å²) in [5.74, 6) is -0.126. The smallest absolute Gasteiger partial charge is 0.336 e. The first-order valence-electron chi connectivity index (χ1n) is 9.75. The Morgan fingerprint density at radius 1 is 1.06 bits per heavy atom. The number of carbonyl (C=O) groups excluding carboxylic acids is 1. The van der Waals surface area contributed by atoms with Gasteiger partial charge in [-0.15, -0.1) is 0 Å². The molecule has 1 fully saturated rings. The number of aromatic nitrogens is 4. The third-order valence-electron chi connectivity index (χ3n) is 5.14. The van der Waals surface area contributed by atoms with Crippen molar-refractivity contribution in [2.75, 3.05) is 36.4 Å². The first-order chi connectivity index (χ1) is 15.2.